The topological polar surface area (TPSA) is 80.5 Å². The van der Waals surface area contributed by atoms with E-state index in [0.29, 0.717) is 23.4 Å². The number of rotatable bonds is 3. The molecule has 1 fully saturated rings. The van der Waals surface area contributed by atoms with E-state index in [4.69, 9.17) is 4.52 Å². The number of hydrogen-bond donors (Lipinski definition) is 0. The quantitative estimate of drug-likeness (QED) is 0.856. The third-order valence-corrected chi connectivity index (χ3v) is 5.95. The number of nitrogens with zero attached hydrogens (tertiary/aromatic N) is 2. The lowest BCUT2D eigenvalue weighted by atomic mass is 10.0. The number of sulfone groups is 1. The predicted molar refractivity (Wildman–Crippen MR) is 85.8 cm³/mol. The summed E-state index contributed by atoms with van der Waals surface area (Å²) in [7, 11) is -1.41. The van der Waals surface area contributed by atoms with E-state index in [1.807, 2.05) is 30.3 Å². The Morgan fingerprint density at radius 3 is 2.61 bits per heavy atom. The summed E-state index contributed by atoms with van der Waals surface area (Å²) >= 11 is 0. The Bertz CT molecular complexity index is 827. The molecule has 0 N–H and O–H groups in total. The largest absolute Gasteiger partial charge is 0.360 e. The Morgan fingerprint density at radius 1 is 1.30 bits per heavy atom. The lowest BCUT2D eigenvalue weighted by molar-refractivity contribution is 0.0746. The van der Waals surface area contributed by atoms with Crippen molar-refractivity contribution >= 4 is 15.7 Å². The summed E-state index contributed by atoms with van der Waals surface area (Å²) in [6.45, 7) is 1.69. The van der Waals surface area contributed by atoms with Crippen molar-refractivity contribution in [3.63, 3.8) is 0 Å². The van der Waals surface area contributed by atoms with Gasteiger partial charge < -0.3 is 9.42 Å². The van der Waals surface area contributed by atoms with Crippen LogP contribution in [0.5, 0.6) is 0 Å². The van der Waals surface area contributed by atoms with Crippen molar-refractivity contribution in [2.45, 2.75) is 19.4 Å². The van der Waals surface area contributed by atoms with E-state index < -0.39 is 9.84 Å². The van der Waals surface area contributed by atoms with Crippen molar-refractivity contribution in [3.05, 3.63) is 41.7 Å². The van der Waals surface area contributed by atoms with Gasteiger partial charge in [0.2, 0.25) is 0 Å². The molecule has 1 amide bonds. The summed E-state index contributed by atoms with van der Waals surface area (Å²) in [6, 6.07) is 9.02. The molecule has 3 rings (SSSR count). The van der Waals surface area contributed by atoms with Gasteiger partial charge in [0, 0.05) is 18.7 Å². The Balaban J connectivity index is 1.93. The molecule has 1 unspecified atom stereocenters. The molecular weight excluding hydrogens is 316 g/mol. The van der Waals surface area contributed by atoms with Crippen molar-refractivity contribution < 1.29 is 17.7 Å². The first-order chi connectivity index (χ1) is 10.9. The lowest BCUT2D eigenvalue weighted by Gasteiger charge is -2.23. The van der Waals surface area contributed by atoms with Gasteiger partial charge in [0.1, 0.15) is 17.0 Å². The normalized spacial score (nSPS) is 19.7. The average Bonchev–Trinajstić information content (AvgIpc) is 3.09. The summed E-state index contributed by atoms with van der Waals surface area (Å²) in [6.07, 6.45) is 0.468. The van der Waals surface area contributed by atoms with E-state index in [2.05, 4.69) is 5.16 Å². The Kier molecular flexibility index (Phi) is 3.97. The van der Waals surface area contributed by atoms with Gasteiger partial charge in [0.05, 0.1) is 11.5 Å². The standard InChI is InChI=1S/C16H18N2O4S/c1-11-14(15(17-22-11)12-6-4-3-5-7-12)16(19)18(2)13-8-9-23(20,21)10-13/h3-7,13H,8-10H2,1-2H3. The predicted octanol–water partition coefficient (Wildman–Crippen LogP) is 1.91. The first kappa shape index (κ1) is 15.7. The number of aromatic nitrogens is 1. The zero-order valence-corrected chi connectivity index (χ0v) is 13.8. The van der Waals surface area contributed by atoms with Crippen LogP contribution in [-0.4, -0.2) is 49.0 Å². The third-order valence-electron chi connectivity index (χ3n) is 4.20. The monoisotopic (exact) mass is 334 g/mol. The van der Waals surface area contributed by atoms with Crippen molar-refractivity contribution in [3.8, 4) is 11.3 Å². The van der Waals surface area contributed by atoms with Crippen molar-refractivity contribution in [1.82, 2.24) is 10.1 Å². The molecule has 0 spiro atoms. The molecule has 23 heavy (non-hydrogen) atoms. The van der Waals surface area contributed by atoms with Crippen LogP contribution in [0, 0.1) is 6.92 Å². The van der Waals surface area contributed by atoms with Crippen LogP contribution in [0.1, 0.15) is 22.5 Å². The second-order valence-electron chi connectivity index (χ2n) is 5.80. The number of aryl methyl sites for hydroxylation is 1. The fourth-order valence-corrected chi connectivity index (χ4v) is 4.61. The highest BCUT2D eigenvalue weighted by Gasteiger charge is 2.35. The van der Waals surface area contributed by atoms with Gasteiger partial charge in [0.15, 0.2) is 9.84 Å². The first-order valence-electron chi connectivity index (χ1n) is 7.38. The fourth-order valence-electron chi connectivity index (χ4n) is 2.84. The Labute approximate surface area is 135 Å². The van der Waals surface area contributed by atoms with Crippen LogP contribution < -0.4 is 0 Å². The number of carbonyl (C=O) groups excluding carboxylic acids is 1. The Morgan fingerprint density at radius 2 is 2.00 bits per heavy atom. The molecule has 1 aliphatic rings. The van der Waals surface area contributed by atoms with E-state index in [0.717, 1.165) is 5.56 Å². The molecule has 1 aromatic heterocycles. The van der Waals surface area contributed by atoms with Gasteiger partial charge in [-0.25, -0.2) is 8.42 Å². The molecule has 0 bridgehead atoms. The first-order valence-corrected chi connectivity index (χ1v) is 9.20. The molecule has 2 aromatic rings. The molecule has 1 atom stereocenters. The summed E-state index contributed by atoms with van der Waals surface area (Å²) < 4.78 is 28.5. The minimum Gasteiger partial charge on any atom is -0.360 e. The molecule has 0 radical (unpaired) electrons. The molecule has 0 saturated carbocycles. The van der Waals surface area contributed by atoms with Gasteiger partial charge in [-0.15, -0.1) is 0 Å². The lowest BCUT2D eigenvalue weighted by Crippen LogP contribution is -2.38. The van der Waals surface area contributed by atoms with Gasteiger partial charge >= 0.3 is 0 Å². The van der Waals surface area contributed by atoms with Crippen molar-refractivity contribution in [2.75, 3.05) is 18.6 Å². The molecule has 7 heteroatoms. The van der Waals surface area contributed by atoms with E-state index in [1.54, 1.807) is 14.0 Å². The zero-order chi connectivity index (χ0) is 16.6. The number of amides is 1. The smallest absolute Gasteiger partial charge is 0.259 e. The van der Waals surface area contributed by atoms with Crippen LogP contribution in [0.3, 0.4) is 0 Å². The molecule has 6 nitrogen and oxygen atoms in total. The molecule has 122 valence electrons. The molecule has 1 aromatic carbocycles. The van der Waals surface area contributed by atoms with Gasteiger partial charge in [-0.1, -0.05) is 35.5 Å². The highest BCUT2D eigenvalue weighted by atomic mass is 32.2. The molecule has 0 aliphatic carbocycles. The van der Waals surface area contributed by atoms with Gasteiger partial charge in [0.25, 0.3) is 5.91 Å². The van der Waals surface area contributed by atoms with E-state index in [9.17, 15) is 13.2 Å². The summed E-state index contributed by atoms with van der Waals surface area (Å²) in [4.78, 5) is 14.3. The van der Waals surface area contributed by atoms with Crippen LogP contribution in [0.15, 0.2) is 34.9 Å². The van der Waals surface area contributed by atoms with Crippen LogP contribution in [0.4, 0.5) is 0 Å². The minimum atomic E-state index is -3.05. The molecule has 2 heterocycles. The number of carbonyl (C=O) groups is 1. The minimum absolute atomic E-state index is 0.0141. The second kappa shape index (κ2) is 5.81. The highest BCUT2D eigenvalue weighted by molar-refractivity contribution is 7.91. The molecular formula is C16H18N2O4S. The highest BCUT2D eigenvalue weighted by Crippen LogP contribution is 2.27. The average molecular weight is 334 g/mol. The van der Waals surface area contributed by atoms with E-state index >= 15 is 0 Å². The second-order valence-corrected chi connectivity index (χ2v) is 8.03. The summed E-state index contributed by atoms with van der Waals surface area (Å²) in [5.74, 6) is 0.315. The summed E-state index contributed by atoms with van der Waals surface area (Å²) in [5, 5.41) is 4.00. The van der Waals surface area contributed by atoms with Gasteiger partial charge in [-0.3, -0.25) is 4.79 Å². The SMILES string of the molecule is Cc1onc(-c2ccccc2)c1C(=O)N(C)C1CCS(=O)(=O)C1. The van der Waals surface area contributed by atoms with Crippen LogP contribution in [0.25, 0.3) is 11.3 Å². The van der Waals surface area contributed by atoms with Crippen LogP contribution >= 0.6 is 0 Å². The fraction of sp³-hybridized carbons (Fsp3) is 0.375. The Hall–Kier alpha value is -2.15. The zero-order valence-electron chi connectivity index (χ0n) is 13.0. The van der Waals surface area contributed by atoms with Crippen molar-refractivity contribution in [1.29, 1.82) is 0 Å². The number of hydrogen-bond acceptors (Lipinski definition) is 5. The van der Waals surface area contributed by atoms with Gasteiger partial charge in [-0.05, 0) is 13.3 Å². The maximum absolute atomic E-state index is 12.8. The maximum atomic E-state index is 12.8. The van der Waals surface area contributed by atoms with E-state index in [1.165, 1.54) is 4.90 Å². The van der Waals surface area contributed by atoms with Crippen molar-refractivity contribution in [2.24, 2.45) is 0 Å². The van der Waals surface area contributed by atoms with Crippen LogP contribution in [0.2, 0.25) is 0 Å². The third kappa shape index (κ3) is 3.01. The maximum Gasteiger partial charge on any atom is 0.259 e. The summed E-state index contributed by atoms with van der Waals surface area (Å²) in [5.41, 5.74) is 1.67. The molecule has 1 saturated heterocycles. The van der Waals surface area contributed by atoms with Crippen LogP contribution in [-0.2, 0) is 9.84 Å². The number of benzene rings is 1. The van der Waals surface area contributed by atoms with Gasteiger partial charge in [-0.2, -0.15) is 0 Å². The van der Waals surface area contributed by atoms with E-state index in [-0.39, 0.29) is 23.5 Å². The molecule has 1 aliphatic heterocycles.